The number of benzene rings is 2. The van der Waals surface area contributed by atoms with Crippen LogP contribution in [0.2, 0.25) is 5.02 Å². The van der Waals surface area contributed by atoms with E-state index in [-0.39, 0.29) is 46.2 Å². The molecule has 6 rings (SSSR count). The van der Waals surface area contributed by atoms with Crippen molar-refractivity contribution in [1.29, 1.82) is 0 Å². The van der Waals surface area contributed by atoms with E-state index in [2.05, 4.69) is 5.32 Å². The van der Waals surface area contributed by atoms with Crippen molar-refractivity contribution in [2.75, 3.05) is 38.6 Å². The van der Waals surface area contributed by atoms with Crippen molar-refractivity contribution >= 4 is 45.9 Å². The average molecular weight is 642 g/mol. The Bertz CT molecular complexity index is 1580. The van der Waals surface area contributed by atoms with Crippen LogP contribution in [0.25, 0.3) is 11.0 Å². The number of methoxy groups -OCH3 is 1. The Morgan fingerprint density at radius 1 is 1.04 bits per heavy atom. The minimum Gasteiger partial charge on any atom is -0.481 e. The molecule has 3 aromatic rings. The highest BCUT2D eigenvalue weighted by atomic mass is 35.5. The van der Waals surface area contributed by atoms with E-state index in [1.165, 1.54) is 18.4 Å². The van der Waals surface area contributed by atoms with E-state index in [1.54, 1.807) is 31.4 Å². The molecule has 2 N–H and O–H groups in total. The first-order valence-corrected chi connectivity index (χ1v) is 15.8. The molecule has 3 aliphatic rings. The number of carbonyl (C=O) groups excluding carboxylic acids is 2. The molecule has 45 heavy (non-hydrogen) atoms. The molecule has 2 aliphatic heterocycles. The lowest BCUT2D eigenvalue weighted by atomic mass is 9.87. The smallest absolute Gasteiger partial charge is 0.306 e. The second-order valence-corrected chi connectivity index (χ2v) is 12.5. The Hall–Kier alpha value is -3.35. The molecular formula is C33H37ClFN3O7. The first-order valence-electron chi connectivity index (χ1n) is 15.4. The SMILES string of the molecule is COC1CN(C(O[C@H]2CC[C@H](C(=O)O)CC2)(C(=O)Cc2ccc(NC(=O)c3coc4ccccc34)c(Cl)c2F)N2CCCC2)C1. The predicted octanol–water partition coefficient (Wildman–Crippen LogP) is 5.33. The van der Waals surface area contributed by atoms with Crippen molar-refractivity contribution in [2.45, 2.75) is 63.0 Å². The first kappa shape index (κ1) is 31.6. The Balaban J connectivity index is 1.25. The number of aliphatic carboxylic acids is 1. The number of fused-ring (bicyclic) bond motifs is 1. The minimum atomic E-state index is -1.44. The topological polar surface area (TPSA) is 122 Å². The number of carboxylic acid groups (broad SMARTS) is 1. The second-order valence-electron chi connectivity index (χ2n) is 12.1. The molecule has 3 heterocycles. The number of nitrogens with one attached hydrogen (secondary N) is 1. The molecule has 3 fully saturated rings. The summed E-state index contributed by atoms with van der Waals surface area (Å²) in [5.74, 6) is -4.31. The maximum atomic E-state index is 15.8. The summed E-state index contributed by atoms with van der Waals surface area (Å²) in [6.07, 6.45) is 4.43. The summed E-state index contributed by atoms with van der Waals surface area (Å²) in [6.45, 7) is 2.22. The molecule has 0 bridgehead atoms. The van der Waals surface area contributed by atoms with Gasteiger partial charge in [-0.05, 0) is 56.2 Å². The third-order valence-corrected chi connectivity index (χ3v) is 9.72. The maximum absolute atomic E-state index is 15.8. The van der Waals surface area contributed by atoms with E-state index >= 15 is 4.39 Å². The molecule has 12 heteroatoms. The molecular weight excluding hydrogens is 605 g/mol. The number of para-hydroxylation sites is 1. The molecule has 10 nitrogen and oxygen atoms in total. The molecule has 0 spiro atoms. The van der Waals surface area contributed by atoms with Crippen molar-refractivity contribution in [3.63, 3.8) is 0 Å². The number of ether oxygens (including phenoxy) is 2. The summed E-state index contributed by atoms with van der Waals surface area (Å²) in [6, 6.07) is 10.0. The van der Waals surface area contributed by atoms with E-state index in [1.807, 2.05) is 9.80 Å². The molecule has 2 aromatic carbocycles. The lowest BCUT2D eigenvalue weighted by molar-refractivity contribution is -0.282. The molecule has 2 saturated heterocycles. The second kappa shape index (κ2) is 13.2. The van der Waals surface area contributed by atoms with Gasteiger partial charge in [0.25, 0.3) is 5.91 Å². The fraction of sp³-hybridized carbons (Fsp3) is 0.485. The third-order valence-electron chi connectivity index (χ3n) is 9.35. The van der Waals surface area contributed by atoms with E-state index in [4.69, 9.17) is 25.5 Å². The predicted molar refractivity (Wildman–Crippen MR) is 165 cm³/mol. The van der Waals surface area contributed by atoms with Gasteiger partial charge in [-0.3, -0.25) is 24.2 Å². The van der Waals surface area contributed by atoms with Gasteiger partial charge >= 0.3 is 5.97 Å². The van der Waals surface area contributed by atoms with E-state index in [9.17, 15) is 19.5 Å². The van der Waals surface area contributed by atoms with Crippen LogP contribution in [0, 0.1) is 11.7 Å². The van der Waals surface area contributed by atoms with Gasteiger partial charge in [-0.15, -0.1) is 0 Å². The number of Topliss-reactive ketones (excluding diaryl/α,β-unsaturated/α-hetero) is 1. The van der Waals surface area contributed by atoms with Crippen molar-refractivity contribution in [1.82, 2.24) is 9.80 Å². The van der Waals surface area contributed by atoms with Crippen LogP contribution >= 0.6 is 11.6 Å². The first-order chi connectivity index (χ1) is 21.7. The van der Waals surface area contributed by atoms with Crippen LogP contribution in [-0.2, 0) is 25.5 Å². The van der Waals surface area contributed by atoms with Crippen LogP contribution < -0.4 is 5.32 Å². The Labute approximate surface area is 265 Å². The zero-order valence-corrected chi connectivity index (χ0v) is 25.9. The average Bonchev–Trinajstić information content (AvgIpc) is 3.71. The largest absolute Gasteiger partial charge is 0.481 e. The number of nitrogens with zero attached hydrogens (tertiary/aromatic N) is 2. The number of likely N-dealkylation sites (tertiary alicyclic amines) is 2. The lowest BCUT2D eigenvalue weighted by Gasteiger charge is -2.55. The monoisotopic (exact) mass is 641 g/mol. The molecule has 0 radical (unpaired) electrons. The number of halogens is 2. The number of carboxylic acids is 1. The molecule has 1 amide bonds. The standard InChI is InChI=1S/C33H37ClFN3O7/c1-43-23-17-38(18-23)33(37-14-4-5-15-37,45-22-11-8-20(9-12-22)32(41)42)28(39)16-21-10-13-26(29(34)30(21)35)36-31(40)25-19-44-27-7-3-2-6-24(25)27/h2-3,6-7,10,13,19-20,22-23H,4-5,8-9,11-12,14-18H2,1H3,(H,36,40)(H,41,42)/t20-,22-,33?. The fourth-order valence-corrected chi connectivity index (χ4v) is 6.97. The quantitative estimate of drug-likeness (QED) is 0.286. The van der Waals surface area contributed by atoms with Gasteiger partial charge in [0, 0.05) is 45.1 Å². The number of hydrogen-bond donors (Lipinski definition) is 2. The van der Waals surface area contributed by atoms with Crippen LogP contribution in [0.1, 0.15) is 54.4 Å². The van der Waals surface area contributed by atoms with E-state index < -0.39 is 29.5 Å². The molecule has 1 aromatic heterocycles. The van der Waals surface area contributed by atoms with Crippen LogP contribution in [-0.4, -0.2) is 83.9 Å². The Kier molecular flexibility index (Phi) is 9.26. The third kappa shape index (κ3) is 6.12. The minimum absolute atomic E-state index is 0.0625. The van der Waals surface area contributed by atoms with Crippen molar-refractivity contribution < 1.29 is 37.8 Å². The lowest BCUT2D eigenvalue weighted by Crippen LogP contribution is -2.74. The number of amides is 1. The Morgan fingerprint density at radius 2 is 1.76 bits per heavy atom. The number of carbonyl (C=O) groups is 3. The van der Waals surface area contributed by atoms with E-state index in [0.717, 1.165) is 12.8 Å². The highest BCUT2D eigenvalue weighted by Gasteiger charge is 2.56. The summed E-state index contributed by atoms with van der Waals surface area (Å²) >= 11 is 6.44. The zero-order valence-electron chi connectivity index (χ0n) is 25.1. The van der Waals surface area contributed by atoms with Gasteiger partial charge in [0.2, 0.25) is 5.85 Å². The van der Waals surface area contributed by atoms with Crippen LogP contribution in [0.4, 0.5) is 10.1 Å². The van der Waals surface area contributed by atoms with Gasteiger partial charge in [0.1, 0.15) is 22.7 Å². The number of rotatable bonds is 11. The van der Waals surface area contributed by atoms with Crippen molar-refractivity contribution in [3.05, 3.63) is 64.6 Å². The summed E-state index contributed by atoms with van der Waals surface area (Å²) in [4.78, 5) is 43.1. The van der Waals surface area contributed by atoms with Crippen LogP contribution in [0.5, 0.6) is 0 Å². The molecule has 240 valence electrons. The van der Waals surface area contributed by atoms with Crippen molar-refractivity contribution in [2.24, 2.45) is 5.92 Å². The number of hydrogen-bond acceptors (Lipinski definition) is 8. The van der Waals surface area contributed by atoms with E-state index in [0.29, 0.717) is 62.8 Å². The van der Waals surface area contributed by atoms with Gasteiger partial charge in [0.15, 0.2) is 5.78 Å². The normalized spacial score (nSPS) is 22.6. The summed E-state index contributed by atoms with van der Waals surface area (Å²) in [5, 5.41) is 12.5. The Morgan fingerprint density at radius 3 is 2.44 bits per heavy atom. The highest BCUT2D eigenvalue weighted by Crippen LogP contribution is 2.39. The highest BCUT2D eigenvalue weighted by molar-refractivity contribution is 6.34. The maximum Gasteiger partial charge on any atom is 0.306 e. The van der Waals surface area contributed by atoms with Crippen LogP contribution in [0.15, 0.2) is 47.1 Å². The summed E-state index contributed by atoms with van der Waals surface area (Å²) in [5.41, 5.74) is 0.993. The van der Waals surface area contributed by atoms with Gasteiger partial charge in [-0.2, -0.15) is 0 Å². The van der Waals surface area contributed by atoms with Gasteiger partial charge in [-0.25, -0.2) is 4.39 Å². The van der Waals surface area contributed by atoms with Crippen LogP contribution in [0.3, 0.4) is 0 Å². The number of furan rings is 1. The van der Waals surface area contributed by atoms with Crippen molar-refractivity contribution in [3.8, 4) is 0 Å². The van der Waals surface area contributed by atoms with Gasteiger partial charge in [0.05, 0.1) is 29.4 Å². The molecule has 1 saturated carbocycles. The fourth-order valence-electron chi connectivity index (χ4n) is 6.74. The molecule has 1 unspecified atom stereocenters. The zero-order chi connectivity index (χ0) is 31.7. The number of ketones is 1. The number of anilines is 1. The molecule has 1 atom stereocenters. The van der Waals surface area contributed by atoms with Gasteiger partial charge < -0.3 is 24.3 Å². The summed E-state index contributed by atoms with van der Waals surface area (Å²) in [7, 11) is 1.63. The molecule has 1 aliphatic carbocycles. The summed E-state index contributed by atoms with van der Waals surface area (Å²) < 4.78 is 33.6. The van der Waals surface area contributed by atoms with Gasteiger partial charge in [-0.1, -0.05) is 35.9 Å².